The van der Waals surface area contributed by atoms with Crippen molar-refractivity contribution in [1.82, 2.24) is 10.2 Å². The van der Waals surface area contributed by atoms with Crippen LogP contribution in [0.1, 0.15) is 18.7 Å². The molecule has 1 unspecified atom stereocenters. The Morgan fingerprint density at radius 3 is 2.69 bits per heavy atom. The van der Waals surface area contributed by atoms with Gasteiger partial charge in [-0.25, -0.2) is 0 Å². The van der Waals surface area contributed by atoms with Crippen molar-refractivity contribution in [3.05, 3.63) is 11.8 Å². The maximum Gasteiger partial charge on any atom is 0.230 e. The Morgan fingerprint density at radius 2 is 2.15 bits per heavy atom. The molecular formula is C8H15N3O2. The predicted molar refractivity (Wildman–Crippen MR) is 46.9 cm³/mol. The van der Waals surface area contributed by atoms with Crippen LogP contribution in [0.15, 0.2) is 4.42 Å². The third kappa shape index (κ3) is 3.12. The molecule has 0 fully saturated rings. The SMILES string of the molecule is COCC(C)Cc1nnc(CN)o1. The maximum atomic E-state index is 5.33. The predicted octanol–water partition coefficient (Wildman–Crippen LogP) is 0.353. The summed E-state index contributed by atoms with van der Waals surface area (Å²) in [6, 6.07) is 0. The van der Waals surface area contributed by atoms with Gasteiger partial charge in [0, 0.05) is 20.1 Å². The molecule has 0 aliphatic heterocycles. The third-order valence-corrected chi connectivity index (χ3v) is 1.66. The number of hydrogen-bond acceptors (Lipinski definition) is 5. The fourth-order valence-corrected chi connectivity index (χ4v) is 1.09. The van der Waals surface area contributed by atoms with Gasteiger partial charge in [-0.2, -0.15) is 0 Å². The lowest BCUT2D eigenvalue weighted by Crippen LogP contribution is -2.07. The van der Waals surface area contributed by atoms with E-state index in [4.69, 9.17) is 14.9 Å². The molecule has 0 bridgehead atoms. The summed E-state index contributed by atoms with van der Waals surface area (Å²) in [7, 11) is 1.68. The van der Waals surface area contributed by atoms with Crippen LogP contribution in [-0.2, 0) is 17.7 Å². The quantitative estimate of drug-likeness (QED) is 0.716. The van der Waals surface area contributed by atoms with Crippen molar-refractivity contribution >= 4 is 0 Å². The largest absolute Gasteiger partial charge is 0.424 e. The molecule has 5 nitrogen and oxygen atoms in total. The first-order chi connectivity index (χ1) is 6.26. The van der Waals surface area contributed by atoms with Crippen LogP contribution < -0.4 is 5.73 Å². The summed E-state index contributed by atoms with van der Waals surface area (Å²) in [6.07, 6.45) is 0.737. The van der Waals surface area contributed by atoms with E-state index in [-0.39, 0.29) is 0 Å². The standard InChI is InChI=1S/C8H15N3O2/c1-6(5-12-2)3-7-10-11-8(4-9)13-7/h6H,3-5,9H2,1-2H3. The van der Waals surface area contributed by atoms with E-state index in [0.717, 1.165) is 6.42 Å². The zero-order valence-electron chi connectivity index (χ0n) is 7.99. The summed E-state index contributed by atoms with van der Waals surface area (Å²) in [5, 5.41) is 7.62. The van der Waals surface area contributed by atoms with Crippen LogP contribution in [0.4, 0.5) is 0 Å². The van der Waals surface area contributed by atoms with E-state index in [9.17, 15) is 0 Å². The van der Waals surface area contributed by atoms with Crippen LogP contribution in [0.25, 0.3) is 0 Å². The Morgan fingerprint density at radius 1 is 1.46 bits per heavy atom. The van der Waals surface area contributed by atoms with Crippen LogP contribution >= 0.6 is 0 Å². The smallest absolute Gasteiger partial charge is 0.230 e. The number of methoxy groups -OCH3 is 1. The van der Waals surface area contributed by atoms with Gasteiger partial charge in [-0.15, -0.1) is 10.2 Å². The van der Waals surface area contributed by atoms with E-state index >= 15 is 0 Å². The second-order valence-corrected chi connectivity index (χ2v) is 3.06. The Balaban J connectivity index is 2.44. The molecule has 0 saturated heterocycles. The first kappa shape index (κ1) is 10.1. The number of aromatic nitrogens is 2. The molecule has 2 N–H and O–H groups in total. The lowest BCUT2D eigenvalue weighted by atomic mass is 10.1. The summed E-state index contributed by atoms with van der Waals surface area (Å²) in [5.41, 5.74) is 5.33. The summed E-state index contributed by atoms with van der Waals surface area (Å²) < 4.78 is 10.2. The van der Waals surface area contributed by atoms with Crippen molar-refractivity contribution < 1.29 is 9.15 Å². The van der Waals surface area contributed by atoms with Gasteiger partial charge in [0.25, 0.3) is 0 Å². The van der Waals surface area contributed by atoms with Gasteiger partial charge in [0.1, 0.15) is 0 Å². The molecule has 5 heteroatoms. The number of nitrogens with two attached hydrogens (primary N) is 1. The fourth-order valence-electron chi connectivity index (χ4n) is 1.09. The number of ether oxygens (including phenoxy) is 1. The van der Waals surface area contributed by atoms with Gasteiger partial charge >= 0.3 is 0 Å². The van der Waals surface area contributed by atoms with E-state index < -0.39 is 0 Å². The molecule has 74 valence electrons. The molecule has 1 aromatic rings. The molecule has 0 aliphatic rings. The molecule has 0 amide bonds. The molecule has 1 heterocycles. The lowest BCUT2D eigenvalue weighted by Gasteiger charge is -2.05. The first-order valence-corrected chi connectivity index (χ1v) is 4.26. The Labute approximate surface area is 77.3 Å². The molecule has 0 spiro atoms. The minimum Gasteiger partial charge on any atom is -0.424 e. The van der Waals surface area contributed by atoms with Crippen LogP contribution in [0, 0.1) is 5.92 Å². The normalized spacial score (nSPS) is 13.2. The van der Waals surface area contributed by atoms with Gasteiger partial charge in [-0.05, 0) is 5.92 Å². The van der Waals surface area contributed by atoms with Crippen molar-refractivity contribution in [2.24, 2.45) is 11.7 Å². The molecule has 13 heavy (non-hydrogen) atoms. The van der Waals surface area contributed by atoms with Crippen LogP contribution in [0.5, 0.6) is 0 Å². The Kier molecular flexibility index (Phi) is 3.85. The Bertz CT molecular complexity index is 249. The molecule has 1 aromatic heterocycles. The van der Waals surface area contributed by atoms with E-state index in [0.29, 0.717) is 30.9 Å². The molecule has 0 aromatic carbocycles. The van der Waals surface area contributed by atoms with Crippen molar-refractivity contribution in [2.45, 2.75) is 19.9 Å². The van der Waals surface area contributed by atoms with Crippen LogP contribution in [0.3, 0.4) is 0 Å². The second-order valence-electron chi connectivity index (χ2n) is 3.06. The summed E-state index contributed by atoms with van der Waals surface area (Å²) in [6.45, 7) is 3.06. The average molecular weight is 185 g/mol. The van der Waals surface area contributed by atoms with Gasteiger partial charge < -0.3 is 14.9 Å². The topological polar surface area (TPSA) is 74.2 Å². The second kappa shape index (κ2) is 4.94. The van der Waals surface area contributed by atoms with Crippen molar-refractivity contribution in [3.8, 4) is 0 Å². The summed E-state index contributed by atoms with van der Waals surface area (Å²) in [4.78, 5) is 0. The zero-order valence-corrected chi connectivity index (χ0v) is 7.99. The third-order valence-electron chi connectivity index (χ3n) is 1.66. The fraction of sp³-hybridized carbons (Fsp3) is 0.750. The van der Waals surface area contributed by atoms with Gasteiger partial charge in [0.2, 0.25) is 11.8 Å². The number of hydrogen-bond donors (Lipinski definition) is 1. The van der Waals surface area contributed by atoms with Gasteiger partial charge in [0.05, 0.1) is 6.54 Å². The van der Waals surface area contributed by atoms with Crippen molar-refractivity contribution in [3.63, 3.8) is 0 Å². The molecule has 0 radical (unpaired) electrons. The van der Waals surface area contributed by atoms with Gasteiger partial charge in [-0.3, -0.25) is 0 Å². The minimum atomic E-state index is 0.297. The Hall–Kier alpha value is -0.940. The minimum absolute atomic E-state index is 0.297. The van der Waals surface area contributed by atoms with Gasteiger partial charge in [0.15, 0.2) is 0 Å². The molecule has 0 saturated carbocycles. The van der Waals surface area contributed by atoms with Gasteiger partial charge in [-0.1, -0.05) is 6.92 Å². The maximum absolute atomic E-state index is 5.33. The van der Waals surface area contributed by atoms with Crippen molar-refractivity contribution in [2.75, 3.05) is 13.7 Å². The van der Waals surface area contributed by atoms with Crippen LogP contribution in [0.2, 0.25) is 0 Å². The first-order valence-electron chi connectivity index (χ1n) is 4.26. The summed E-state index contributed by atoms with van der Waals surface area (Å²) in [5.74, 6) is 1.50. The zero-order chi connectivity index (χ0) is 9.68. The molecular weight excluding hydrogens is 170 g/mol. The molecule has 0 aliphatic carbocycles. The highest BCUT2D eigenvalue weighted by Gasteiger charge is 2.09. The molecule has 1 rings (SSSR count). The highest BCUT2D eigenvalue weighted by molar-refractivity contribution is 4.82. The van der Waals surface area contributed by atoms with Crippen molar-refractivity contribution in [1.29, 1.82) is 0 Å². The van der Waals surface area contributed by atoms with Crippen LogP contribution in [-0.4, -0.2) is 23.9 Å². The molecule has 1 atom stereocenters. The highest BCUT2D eigenvalue weighted by atomic mass is 16.5. The lowest BCUT2D eigenvalue weighted by molar-refractivity contribution is 0.156. The van der Waals surface area contributed by atoms with E-state index in [1.54, 1.807) is 7.11 Å². The number of nitrogens with zero attached hydrogens (tertiary/aromatic N) is 2. The number of rotatable bonds is 5. The van der Waals surface area contributed by atoms with E-state index in [1.807, 2.05) is 0 Å². The summed E-state index contributed by atoms with van der Waals surface area (Å²) >= 11 is 0. The average Bonchev–Trinajstić information content (AvgIpc) is 2.52. The highest BCUT2D eigenvalue weighted by Crippen LogP contribution is 2.07. The van der Waals surface area contributed by atoms with E-state index in [2.05, 4.69) is 17.1 Å². The van der Waals surface area contributed by atoms with E-state index in [1.165, 1.54) is 0 Å². The monoisotopic (exact) mass is 185 g/mol.